The van der Waals surface area contributed by atoms with Crippen molar-refractivity contribution in [2.45, 2.75) is 72.6 Å². The first-order valence-corrected chi connectivity index (χ1v) is 20.6. The molecular weight excluding hydrogens is 689 g/mol. The van der Waals surface area contributed by atoms with Gasteiger partial charge in [0, 0.05) is 49.7 Å². The molecule has 282 valence electrons. The molecular formula is C55H52N2. The summed E-state index contributed by atoms with van der Waals surface area (Å²) in [5.74, 6) is 0.892. The molecule has 8 aromatic carbocycles. The lowest BCUT2D eigenvalue weighted by Gasteiger charge is -2.34. The third-order valence-corrected chi connectivity index (χ3v) is 12.3. The Balaban J connectivity index is 1.45. The number of benzene rings is 8. The van der Waals surface area contributed by atoms with Crippen LogP contribution in [-0.2, 0) is 5.41 Å². The van der Waals surface area contributed by atoms with Gasteiger partial charge in [0.1, 0.15) is 0 Å². The van der Waals surface area contributed by atoms with E-state index in [1.54, 1.807) is 0 Å². The van der Waals surface area contributed by atoms with Crippen molar-refractivity contribution in [3.63, 3.8) is 0 Å². The Kier molecular flexibility index (Phi) is 9.04. The van der Waals surface area contributed by atoms with E-state index in [0.717, 1.165) is 22.7 Å². The highest BCUT2D eigenvalue weighted by Crippen LogP contribution is 2.56. The first-order chi connectivity index (χ1) is 27.5. The molecule has 2 nitrogen and oxygen atoms in total. The van der Waals surface area contributed by atoms with Crippen LogP contribution in [0.3, 0.4) is 0 Å². The van der Waals surface area contributed by atoms with Gasteiger partial charge in [-0.15, -0.1) is 0 Å². The summed E-state index contributed by atoms with van der Waals surface area (Å²) in [6.07, 6.45) is 0. The van der Waals surface area contributed by atoms with Crippen molar-refractivity contribution in [2.24, 2.45) is 0 Å². The van der Waals surface area contributed by atoms with Crippen LogP contribution in [0.4, 0.5) is 34.1 Å². The summed E-state index contributed by atoms with van der Waals surface area (Å²) < 4.78 is 0. The van der Waals surface area contributed by atoms with Gasteiger partial charge in [-0.2, -0.15) is 0 Å². The lowest BCUT2D eigenvalue weighted by atomic mass is 9.81. The third kappa shape index (κ3) is 6.19. The molecule has 0 atom stereocenters. The smallest absolute Gasteiger partial charge is 0.0620 e. The minimum absolute atomic E-state index is 0.167. The van der Waals surface area contributed by atoms with Crippen LogP contribution in [0, 0.1) is 13.8 Å². The van der Waals surface area contributed by atoms with Crippen molar-refractivity contribution >= 4 is 55.7 Å². The van der Waals surface area contributed by atoms with Crippen LogP contribution in [0.5, 0.6) is 0 Å². The summed E-state index contributed by atoms with van der Waals surface area (Å²) in [4.78, 5) is 5.01. The lowest BCUT2D eigenvalue weighted by molar-refractivity contribution is 0.661. The molecule has 0 bridgehead atoms. The first-order valence-electron chi connectivity index (χ1n) is 20.6. The SMILES string of the molecule is Cc1ccc(N(c2ccc(C(C)C)cc2)c2c3ccccc3c(N(c3ccc(C)cc3)c3ccc(C(C)C)cc3)c3cc4c(cc23)-c2ccccc2C4(C)C)cc1. The zero-order valence-electron chi connectivity index (χ0n) is 34.6. The molecule has 0 fully saturated rings. The monoisotopic (exact) mass is 740 g/mol. The Morgan fingerprint density at radius 1 is 0.386 bits per heavy atom. The molecule has 0 amide bonds. The van der Waals surface area contributed by atoms with Gasteiger partial charge in [-0.05, 0) is 120 Å². The van der Waals surface area contributed by atoms with Crippen molar-refractivity contribution in [1.29, 1.82) is 0 Å². The topological polar surface area (TPSA) is 6.48 Å². The third-order valence-electron chi connectivity index (χ3n) is 12.3. The molecule has 0 heterocycles. The predicted octanol–water partition coefficient (Wildman–Crippen LogP) is 16.1. The van der Waals surface area contributed by atoms with Crippen LogP contribution < -0.4 is 9.80 Å². The summed E-state index contributed by atoms with van der Waals surface area (Å²) >= 11 is 0. The molecule has 0 N–H and O–H groups in total. The Labute approximate surface area is 339 Å². The summed E-state index contributed by atoms with van der Waals surface area (Å²) in [7, 11) is 0. The number of aryl methyl sites for hydroxylation is 2. The maximum atomic E-state index is 2.54. The van der Waals surface area contributed by atoms with E-state index in [2.05, 4.69) is 223 Å². The van der Waals surface area contributed by atoms with E-state index in [-0.39, 0.29) is 5.41 Å². The maximum absolute atomic E-state index is 2.54. The molecule has 1 aliphatic rings. The van der Waals surface area contributed by atoms with Crippen LogP contribution >= 0.6 is 0 Å². The average molecular weight is 741 g/mol. The summed E-state index contributed by atoms with van der Waals surface area (Å²) in [5.41, 5.74) is 17.3. The Morgan fingerprint density at radius 3 is 1.21 bits per heavy atom. The predicted molar refractivity (Wildman–Crippen MR) is 246 cm³/mol. The fourth-order valence-electron chi connectivity index (χ4n) is 9.03. The quantitative estimate of drug-likeness (QED) is 0.113. The van der Waals surface area contributed by atoms with Gasteiger partial charge >= 0.3 is 0 Å². The largest absolute Gasteiger partial charge is 0.309 e. The number of hydrogen-bond acceptors (Lipinski definition) is 2. The Hall–Kier alpha value is -6.12. The van der Waals surface area contributed by atoms with Gasteiger partial charge in [0.15, 0.2) is 0 Å². The lowest BCUT2D eigenvalue weighted by Crippen LogP contribution is -2.17. The highest BCUT2D eigenvalue weighted by Gasteiger charge is 2.37. The zero-order valence-corrected chi connectivity index (χ0v) is 34.6. The van der Waals surface area contributed by atoms with Crippen LogP contribution in [0.25, 0.3) is 32.7 Å². The fraction of sp³-hybridized carbons (Fsp3) is 0.200. The number of anilines is 6. The van der Waals surface area contributed by atoms with E-state index in [1.807, 2.05) is 0 Å². The number of hydrogen-bond donors (Lipinski definition) is 0. The van der Waals surface area contributed by atoms with Gasteiger partial charge in [0.05, 0.1) is 11.4 Å². The maximum Gasteiger partial charge on any atom is 0.0620 e. The van der Waals surface area contributed by atoms with Crippen molar-refractivity contribution in [1.82, 2.24) is 0 Å². The molecule has 0 spiro atoms. The van der Waals surface area contributed by atoms with Crippen LogP contribution in [0.2, 0.25) is 0 Å². The Morgan fingerprint density at radius 2 is 0.772 bits per heavy atom. The first kappa shape index (κ1) is 36.5. The van der Waals surface area contributed by atoms with Gasteiger partial charge in [-0.25, -0.2) is 0 Å². The summed E-state index contributed by atoms with van der Waals surface area (Å²) in [6.45, 7) is 18.2. The standard InChI is InChI=1S/C55H52N2/c1-35(2)39-21-29-43(30-22-39)56(41-25-17-37(5)18-26-41)53-46-14-9-10-15-47(46)54(50-34-52-48(33-49(50)53)45-13-11-12-16-51(45)55(52,7)8)57(42-27-19-38(6)20-28-42)44-31-23-40(24-32-44)36(3)4/h9-36H,1-8H3. The molecule has 0 aromatic heterocycles. The Bertz CT molecular complexity index is 2750. The molecule has 0 saturated carbocycles. The molecule has 1 aliphatic carbocycles. The van der Waals surface area contributed by atoms with E-state index < -0.39 is 0 Å². The molecule has 9 rings (SSSR count). The molecule has 0 unspecified atom stereocenters. The van der Waals surface area contributed by atoms with E-state index in [1.165, 1.54) is 77.4 Å². The van der Waals surface area contributed by atoms with Crippen LogP contribution in [0.1, 0.15) is 86.8 Å². The average Bonchev–Trinajstić information content (AvgIpc) is 3.44. The van der Waals surface area contributed by atoms with Gasteiger partial charge in [0.2, 0.25) is 0 Å². The van der Waals surface area contributed by atoms with E-state index in [9.17, 15) is 0 Å². The molecule has 0 aliphatic heterocycles. The van der Waals surface area contributed by atoms with Gasteiger partial charge in [-0.1, -0.05) is 150 Å². The van der Waals surface area contributed by atoms with Crippen molar-refractivity contribution < 1.29 is 0 Å². The van der Waals surface area contributed by atoms with E-state index >= 15 is 0 Å². The number of nitrogens with zero attached hydrogens (tertiary/aromatic N) is 2. The van der Waals surface area contributed by atoms with Crippen LogP contribution in [0.15, 0.2) is 158 Å². The molecule has 2 heteroatoms. The number of fused-ring (bicyclic) bond motifs is 5. The summed E-state index contributed by atoms with van der Waals surface area (Å²) in [6, 6.07) is 59.7. The second-order valence-electron chi connectivity index (χ2n) is 17.2. The van der Waals surface area contributed by atoms with Gasteiger partial charge in [-0.3, -0.25) is 0 Å². The van der Waals surface area contributed by atoms with Crippen molar-refractivity contribution in [3.8, 4) is 11.1 Å². The van der Waals surface area contributed by atoms with Crippen LogP contribution in [-0.4, -0.2) is 0 Å². The molecule has 8 aromatic rings. The minimum Gasteiger partial charge on any atom is -0.309 e. The number of rotatable bonds is 8. The minimum atomic E-state index is -0.167. The molecule has 57 heavy (non-hydrogen) atoms. The van der Waals surface area contributed by atoms with Gasteiger partial charge < -0.3 is 9.80 Å². The second-order valence-corrected chi connectivity index (χ2v) is 17.2. The highest BCUT2D eigenvalue weighted by molar-refractivity contribution is 6.24. The molecule has 0 radical (unpaired) electrons. The normalized spacial score (nSPS) is 13.0. The molecule has 0 saturated heterocycles. The highest BCUT2D eigenvalue weighted by atomic mass is 15.2. The van der Waals surface area contributed by atoms with Crippen molar-refractivity contribution in [3.05, 3.63) is 191 Å². The zero-order chi connectivity index (χ0) is 39.6. The van der Waals surface area contributed by atoms with E-state index in [4.69, 9.17) is 0 Å². The van der Waals surface area contributed by atoms with Crippen molar-refractivity contribution in [2.75, 3.05) is 9.80 Å². The van der Waals surface area contributed by atoms with E-state index in [0.29, 0.717) is 11.8 Å². The van der Waals surface area contributed by atoms with Gasteiger partial charge in [0.25, 0.3) is 0 Å². The second kappa shape index (κ2) is 14.1. The fourth-order valence-corrected chi connectivity index (χ4v) is 9.03. The summed E-state index contributed by atoms with van der Waals surface area (Å²) in [5, 5.41) is 4.86.